The first-order chi connectivity index (χ1) is 11.5. The van der Waals surface area contributed by atoms with Crippen LogP contribution in [0.15, 0.2) is 29.2 Å². The summed E-state index contributed by atoms with van der Waals surface area (Å²) in [4.78, 5) is 40.3. The second kappa shape index (κ2) is 5.51. The van der Waals surface area contributed by atoms with Crippen LogP contribution < -0.4 is 4.90 Å². The summed E-state index contributed by atoms with van der Waals surface area (Å²) < 4.78 is 0. The lowest BCUT2D eigenvalue weighted by molar-refractivity contribution is -0.146. The highest BCUT2D eigenvalue weighted by Gasteiger charge is 2.58. The van der Waals surface area contributed by atoms with E-state index in [0.717, 1.165) is 10.6 Å². The van der Waals surface area contributed by atoms with Gasteiger partial charge in [-0.15, -0.1) is 0 Å². The zero-order valence-corrected chi connectivity index (χ0v) is 13.9. The van der Waals surface area contributed by atoms with Crippen LogP contribution in [0.1, 0.15) is 25.7 Å². The molecule has 7 heteroatoms. The van der Waals surface area contributed by atoms with Crippen molar-refractivity contribution >= 4 is 35.2 Å². The summed E-state index contributed by atoms with van der Waals surface area (Å²) >= 11 is 1.44. The van der Waals surface area contributed by atoms with Gasteiger partial charge in [0.05, 0.1) is 11.6 Å². The van der Waals surface area contributed by atoms with Gasteiger partial charge in [0, 0.05) is 24.4 Å². The van der Waals surface area contributed by atoms with Crippen molar-refractivity contribution in [1.82, 2.24) is 4.90 Å². The molecule has 1 aromatic rings. The van der Waals surface area contributed by atoms with Gasteiger partial charge in [0.2, 0.25) is 5.91 Å². The second-order valence-corrected chi connectivity index (χ2v) is 7.83. The van der Waals surface area contributed by atoms with Crippen LogP contribution in [0.5, 0.6) is 0 Å². The van der Waals surface area contributed by atoms with Crippen LogP contribution in [-0.4, -0.2) is 45.8 Å². The Balaban J connectivity index is 1.66. The van der Waals surface area contributed by atoms with E-state index >= 15 is 0 Å². The molecule has 0 bridgehead atoms. The third kappa shape index (κ3) is 2.14. The fourth-order valence-corrected chi connectivity index (χ4v) is 5.38. The zero-order chi connectivity index (χ0) is 16.9. The Hall–Kier alpha value is -2.02. The lowest BCUT2D eigenvalue weighted by Gasteiger charge is -2.38. The van der Waals surface area contributed by atoms with E-state index in [1.807, 2.05) is 24.3 Å². The minimum Gasteiger partial charge on any atom is -0.481 e. The number of hydrogen-bond acceptors (Lipinski definition) is 4. The lowest BCUT2D eigenvalue weighted by atomic mass is 9.97. The molecule has 24 heavy (non-hydrogen) atoms. The van der Waals surface area contributed by atoms with Crippen molar-refractivity contribution in [3.63, 3.8) is 0 Å². The molecule has 3 aliphatic heterocycles. The van der Waals surface area contributed by atoms with Crippen LogP contribution in [0.2, 0.25) is 0 Å². The summed E-state index contributed by atoms with van der Waals surface area (Å²) in [6, 6.07) is 7.57. The predicted octanol–water partition coefficient (Wildman–Crippen LogP) is 1.94. The summed E-state index contributed by atoms with van der Waals surface area (Å²) in [5.41, 5.74) is 0.796. The van der Waals surface area contributed by atoms with Gasteiger partial charge in [0.1, 0.15) is 0 Å². The van der Waals surface area contributed by atoms with Crippen molar-refractivity contribution in [1.29, 1.82) is 0 Å². The molecule has 1 aromatic carbocycles. The molecule has 4 rings (SSSR count). The summed E-state index contributed by atoms with van der Waals surface area (Å²) in [6.07, 6.45) is 2.11. The maximum Gasteiger partial charge on any atom is 0.308 e. The van der Waals surface area contributed by atoms with E-state index in [4.69, 9.17) is 0 Å². The first-order valence-corrected chi connectivity index (χ1v) is 8.98. The molecule has 0 radical (unpaired) electrons. The third-order valence-electron chi connectivity index (χ3n) is 5.07. The van der Waals surface area contributed by atoms with E-state index in [1.165, 1.54) is 11.8 Å². The van der Waals surface area contributed by atoms with Gasteiger partial charge in [-0.2, -0.15) is 0 Å². The van der Waals surface area contributed by atoms with Crippen molar-refractivity contribution < 1.29 is 19.5 Å². The number of para-hydroxylation sites is 1. The Kier molecular flexibility index (Phi) is 3.56. The smallest absolute Gasteiger partial charge is 0.308 e. The highest BCUT2D eigenvalue weighted by Crippen LogP contribution is 2.56. The first-order valence-electron chi connectivity index (χ1n) is 8.16. The molecule has 2 amide bonds. The van der Waals surface area contributed by atoms with Crippen LogP contribution >= 0.6 is 11.8 Å². The van der Waals surface area contributed by atoms with Crippen molar-refractivity contribution in [2.24, 2.45) is 5.92 Å². The summed E-state index contributed by atoms with van der Waals surface area (Å²) in [5, 5.41) is 9.27. The molecule has 1 unspecified atom stereocenters. The number of rotatable bonds is 2. The number of benzene rings is 1. The van der Waals surface area contributed by atoms with E-state index in [9.17, 15) is 19.5 Å². The normalized spacial score (nSPS) is 28.7. The van der Waals surface area contributed by atoms with E-state index < -0.39 is 16.8 Å². The Morgan fingerprint density at radius 3 is 2.88 bits per heavy atom. The standard InChI is InChI=1S/C17H18N2O4S/c20-14-7-8-17(19(14)12-5-1-2-6-13(12)24-17)16(23)18-9-3-4-11(10-18)15(21)22/h1-2,5-6,11H,3-4,7-10H2,(H,21,22)/t11-,17?/m0/s1. The maximum absolute atomic E-state index is 13.3. The fourth-order valence-electron chi connectivity index (χ4n) is 3.89. The van der Waals surface area contributed by atoms with E-state index in [2.05, 4.69) is 0 Å². The number of carbonyl (C=O) groups excluding carboxylic acids is 2. The largest absolute Gasteiger partial charge is 0.481 e. The number of piperidine rings is 1. The molecule has 2 atom stereocenters. The number of aliphatic carboxylic acids is 1. The van der Waals surface area contributed by atoms with E-state index in [1.54, 1.807) is 9.80 Å². The first kappa shape index (κ1) is 15.5. The Bertz CT molecular complexity index is 737. The van der Waals surface area contributed by atoms with Crippen LogP contribution in [0.4, 0.5) is 5.69 Å². The second-order valence-electron chi connectivity index (χ2n) is 6.51. The molecule has 3 aliphatic rings. The van der Waals surface area contributed by atoms with Gasteiger partial charge in [-0.1, -0.05) is 23.9 Å². The summed E-state index contributed by atoms with van der Waals surface area (Å²) in [5.74, 6) is -1.53. The SMILES string of the molecule is O=C(O)[C@H]1CCCN(C(=O)C23CCC(=O)N2c2ccccc2S3)C1. The average molecular weight is 346 g/mol. The van der Waals surface area contributed by atoms with Gasteiger partial charge in [-0.3, -0.25) is 19.3 Å². The van der Waals surface area contributed by atoms with Crippen LogP contribution in [0, 0.1) is 5.92 Å². The van der Waals surface area contributed by atoms with Gasteiger partial charge in [0.25, 0.3) is 5.91 Å². The molecule has 2 fully saturated rings. The molecular weight excluding hydrogens is 328 g/mol. The third-order valence-corrected chi connectivity index (χ3v) is 6.53. The van der Waals surface area contributed by atoms with Gasteiger partial charge < -0.3 is 10.0 Å². The molecule has 0 aliphatic carbocycles. The fraction of sp³-hybridized carbons (Fsp3) is 0.471. The number of nitrogens with zero attached hydrogens (tertiary/aromatic N) is 2. The minimum atomic E-state index is -0.929. The Labute approximate surface area is 143 Å². The number of carboxylic acids is 1. The molecule has 0 aromatic heterocycles. The van der Waals surface area contributed by atoms with Crippen molar-refractivity contribution in [3.8, 4) is 0 Å². The number of carboxylic acid groups (broad SMARTS) is 1. The summed E-state index contributed by atoms with van der Waals surface area (Å²) in [7, 11) is 0. The van der Waals surface area contributed by atoms with Gasteiger partial charge >= 0.3 is 5.97 Å². The molecule has 3 heterocycles. The van der Waals surface area contributed by atoms with Crippen LogP contribution in [-0.2, 0) is 14.4 Å². The topological polar surface area (TPSA) is 77.9 Å². The monoisotopic (exact) mass is 346 g/mol. The minimum absolute atomic E-state index is 0.0346. The van der Waals surface area contributed by atoms with Crippen LogP contribution in [0.3, 0.4) is 0 Å². The number of amides is 2. The predicted molar refractivity (Wildman–Crippen MR) is 88.7 cm³/mol. The number of likely N-dealkylation sites (tertiary alicyclic amines) is 1. The number of thioether (sulfide) groups is 1. The molecule has 6 nitrogen and oxygen atoms in total. The molecule has 0 saturated carbocycles. The molecular formula is C17H18N2O4S. The van der Waals surface area contributed by atoms with Crippen molar-refractivity contribution in [2.45, 2.75) is 35.4 Å². The molecule has 2 saturated heterocycles. The Morgan fingerprint density at radius 1 is 1.29 bits per heavy atom. The average Bonchev–Trinajstić information content (AvgIpc) is 3.10. The zero-order valence-electron chi connectivity index (χ0n) is 13.1. The molecule has 1 N–H and O–H groups in total. The van der Waals surface area contributed by atoms with Gasteiger partial charge in [0.15, 0.2) is 4.87 Å². The summed E-state index contributed by atoms with van der Waals surface area (Å²) in [6.45, 7) is 0.790. The molecule has 0 spiro atoms. The Morgan fingerprint density at radius 2 is 2.08 bits per heavy atom. The number of fused-ring (bicyclic) bond motifs is 3. The highest BCUT2D eigenvalue weighted by molar-refractivity contribution is 8.02. The van der Waals surface area contributed by atoms with Crippen molar-refractivity contribution in [3.05, 3.63) is 24.3 Å². The van der Waals surface area contributed by atoms with Gasteiger partial charge in [-0.25, -0.2) is 0 Å². The van der Waals surface area contributed by atoms with Crippen LogP contribution in [0.25, 0.3) is 0 Å². The molecule has 126 valence electrons. The quantitative estimate of drug-likeness (QED) is 0.885. The number of anilines is 1. The number of hydrogen-bond donors (Lipinski definition) is 1. The number of carbonyl (C=O) groups is 3. The maximum atomic E-state index is 13.3. The van der Waals surface area contributed by atoms with E-state index in [-0.39, 0.29) is 18.4 Å². The highest BCUT2D eigenvalue weighted by atomic mass is 32.2. The van der Waals surface area contributed by atoms with E-state index in [0.29, 0.717) is 32.2 Å². The lowest BCUT2D eigenvalue weighted by Crippen LogP contribution is -2.56. The van der Waals surface area contributed by atoms with Crippen molar-refractivity contribution in [2.75, 3.05) is 18.0 Å². The van der Waals surface area contributed by atoms with Gasteiger partial charge in [-0.05, 0) is 31.4 Å².